The Morgan fingerprint density at radius 2 is 0.938 bits per heavy atom. The molecule has 0 spiro atoms. The number of hydrogen-bond donors (Lipinski definition) is 4. The molecule has 32 heavy (non-hydrogen) atoms. The molecule has 0 aromatic carbocycles. The van der Waals surface area contributed by atoms with Gasteiger partial charge in [-0.2, -0.15) is 0 Å². The molecule has 186 valence electrons. The number of rotatable bonds is 11. The molecule has 8 nitrogen and oxygen atoms in total. The Morgan fingerprint density at radius 3 is 1.22 bits per heavy atom. The molecule has 6 atom stereocenters. The minimum atomic E-state index is -0.974. The molecule has 0 bridgehead atoms. The Labute approximate surface area is 191 Å². The van der Waals surface area contributed by atoms with E-state index in [4.69, 9.17) is 18.9 Å². The summed E-state index contributed by atoms with van der Waals surface area (Å²) < 4.78 is 26.3. The molecule has 4 N–H and O–H groups in total. The fourth-order valence-electron chi connectivity index (χ4n) is 7.33. The third-order valence-electron chi connectivity index (χ3n) is 8.51. The maximum atomic E-state index is 11.5. The lowest BCUT2D eigenvalue weighted by Crippen LogP contribution is -2.79. The predicted octanol–water partition coefficient (Wildman–Crippen LogP) is 1.45. The van der Waals surface area contributed by atoms with E-state index < -0.39 is 34.6 Å². The maximum absolute atomic E-state index is 11.5. The lowest BCUT2D eigenvalue weighted by Gasteiger charge is -2.61. The molecule has 0 aromatic rings. The molecule has 2 unspecified atom stereocenters. The minimum Gasteiger partial charge on any atom is -0.396 e. The van der Waals surface area contributed by atoms with Crippen LogP contribution in [0.4, 0.5) is 0 Å². The highest BCUT2D eigenvalue weighted by molar-refractivity contribution is 5.28. The molecular formula is C24H42O8. The summed E-state index contributed by atoms with van der Waals surface area (Å²) in [5, 5.41) is 41.9. The molecule has 0 aromatic heterocycles. The third kappa shape index (κ3) is 3.57. The Bertz CT molecular complexity index is 535. The summed E-state index contributed by atoms with van der Waals surface area (Å²) in [6.45, 7) is 2.19. The summed E-state index contributed by atoms with van der Waals surface area (Å²) in [5.41, 5.74) is -3.85. The molecule has 4 heterocycles. The van der Waals surface area contributed by atoms with Gasteiger partial charge in [-0.3, -0.25) is 0 Å². The van der Waals surface area contributed by atoms with Gasteiger partial charge in [0.25, 0.3) is 0 Å². The molecule has 0 saturated carbocycles. The Hall–Kier alpha value is -0.320. The van der Waals surface area contributed by atoms with Crippen molar-refractivity contribution in [2.24, 2.45) is 0 Å². The van der Waals surface area contributed by atoms with E-state index in [0.29, 0.717) is 77.8 Å². The second-order valence-electron chi connectivity index (χ2n) is 10.0. The van der Waals surface area contributed by atoms with Crippen LogP contribution in [0.3, 0.4) is 0 Å². The zero-order chi connectivity index (χ0) is 22.7. The van der Waals surface area contributed by atoms with Crippen LogP contribution in [0.15, 0.2) is 0 Å². The van der Waals surface area contributed by atoms with E-state index >= 15 is 0 Å². The normalized spacial score (nSPS) is 42.0. The van der Waals surface area contributed by atoms with Crippen LogP contribution < -0.4 is 0 Å². The van der Waals surface area contributed by atoms with Crippen molar-refractivity contribution in [2.45, 2.75) is 112 Å². The molecule has 4 fully saturated rings. The van der Waals surface area contributed by atoms with E-state index in [9.17, 15) is 20.4 Å². The van der Waals surface area contributed by atoms with Crippen molar-refractivity contribution in [3.8, 4) is 0 Å². The van der Waals surface area contributed by atoms with Crippen LogP contribution in [0.25, 0.3) is 0 Å². The fraction of sp³-hybridized carbons (Fsp3) is 1.00. The van der Waals surface area contributed by atoms with Crippen LogP contribution in [0.5, 0.6) is 0 Å². The second kappa shape index (κ2) is 10.1. The van der Waals surface area contributed by atoms with E-state index in [0.717, 1.165) is 25.7 Å². The Kier molecular flexibility index (Phi) is 7.84. The van der Waals surface area contributed by atoms with Crippen molar-refractivity contribution in [1.29, 1.82) is 0 Å². The van der Waals surface area contributed by atoms with Gasteiger partial charge in [0.1, 0.15) is 22.4 Å². The maximum Gasteiger partial charge on any atom is 0.131 e. The van der Waals surface area contributed by atoms with E-state index in [1.54, 1.807) is 0 Å². The quantitative estimate of drug-likeness (QED) is 0.368. The highest BCUT2D eigenvalue weighted by Crippen LogP contribution is 2.62. The van der Waals surface area contributed by atoms with E-state index in [-0.39, 0.29) is 13.2 Å². The summed E-state index contributed by atoms with van der Waals surface area (Å²) in [7, 11) is 0. The van der Waals surface area contributed by atoms with Crippen LogP contribution in [0, 0.1) is 0 Å². The molecule has 8 heteroatoms. The fourth-order valence-corrected chi connectivity index (χ4v) is 7.33. The number of hydrogen-bond acceptors (Lipinski definition) is 8. The van der Waals surface area contributed by atoms with Crippen LogP contribution in [0.2, 0.25) is 0 Å². The molecule has 4 aliphatic rings. The van der Waals surface area contributed by atoms with Crippen LogP contribution in [-0.4, -0.2) is 94.7 Å². The highest BCUT2D eigenvalue weighted by atomic mass is 16.6. The van der Waals surface area contributed by atoms with Gasteiger partial charge in [-0.15, -0.1) is 0 Å². The van der Waals surface area contributed by atoms with E-state index in [1.165, 1.54) is 0 Å². The molecule has 4 saturated heterocycles. The molecule has 4 aliphatic heterocycles. The third-order valence-corrected chi connectivity index (χ3v) is 8.51. The van der Waals surface area contributed by atoms with Crippen LogP contribution in [-0.2, 0) is 18.9 Å². The standard InChI is InChI=1S/C24H42O8/c25-13-1-7-19(27)21(9-3-15-29-21)23(11-5-17-31-23)24(12-6-18-32-24)22(10-4-16-30-22)20(28)8-2-14-26/h19-20,25-28H,1-18H2/t19?,20?,21-,22+,23-,24+. The van der Waals surface area contributed by atoms with E-state index in [1.807, 2.05) is 0 Å². The van der Waals surface area contributed by atoms with Crippen LogP contribution >= 0.6 is 0 Å². The average Bonchev–Trinajstić information content (AvgIpc) is 3.61. The first-order valence-electron chi connectivity index (χ1n) is 12.7. The number of aliphatic hydroxyl groups excluding tert-OH is 4. The monoisotopic (exact) mass is 458 g/mol. The van der Waals surface area contributed by atoms with Gasteiger partial charge in [0, 0.05) is 39.6 Å². The van der Waals surface area contributed by atoms with Gasteiger partial charge in [-0.05, 0) is 77.0 Å². The van der Waals surface area contributed by atoms with Crippen molar-refractivity contribution in [2.75, 3.05) is 39.6 Å². The van der Waals surface area contributed by atoms with Crippen molar-refractivity contribution >= 4 is 0 Å². The predicted molar refractivity (Wildman–Crippen MR) is 116 cm³/mol. The van der Waals surface area contributed by atoms with Crippen molar-refractivity contribution in [1.82, 2.24) is 0 Å². The van der Waals surface area contributed by atoms with Gasteiger partial charge >= 0.3 is 0 Å². The molecule has 0 radical (unpaired) electrons. The van der Waals surface area contributed by atoms with Gasteiger partial charge in [0.2, 0.25) is 0 Å². The first-order chi connectivity index (χ1) is 15.5. The van der Waals surface area contributed by atoms with Crippen molar-refractivity contribution < 1.29 is 39.4 Å². The van der Waals surface area contributed by atoms with Crippen molar-refractivity contribution in [3.63, 3.8) is 0 Å². The summed E-state index contributed by atoms with van der Waals surface area (Å²) in [5.74, 6) is 0. The van der Waals surface area contributed by atoms with Crippen molar-refractivity contribution in [3.05, 3.63) is 0 Å². The largest absolute Gasteiger partial charge is 0.396 e. The first-order valence-corrected chi connectivity index (χ1v) is 12.7. The molecule has 4 rings (SSSR count). The SMILES string of the molecule is OCCCC(O)[C@]1([C@]2([C@]3([C@]4(C(O)CCCO)CCCO4)CCCO3)CCCO2)CCCO1. The van der Waals surface area contributed by atoms with Gasteiger partial charge in [-0.25, -0.2) is 0 Å². The van der Waals surface area contributed by atoms with Gasteiger partial charge in [0.05, 0.1) is 12.2 Å². The molecule has 0 amide bonds. The van der Waals surface area contributed by atoms with Gasteiger partial charge in [-0.1, -0.05) is 0 Å². The lowest BCUT2D eigenvalue weighted by molar-refractivity contribution is -0.335. The summed E-state index contributed by atoms with van der Waals surface area (Å²) >= 11 is 0. The van der Waals surface area contributed by atoms with Gasteiger partial charge < -0.3 is 39.4 Å². The van der Waals surface area contributed by atoms with E-state index in [2.05, 4.69) is 0 Å². The van der Waals surface area contributed by atoms with Gasteiger partial charge in [0.15, 0.2) is 0 Å². The first kappa shape index (κ1) is 24.8. The van der Waals surface area contributed by atoms with Crippen LogP contribution in [0.1, 0.15) is 77.0 Å². The summed E-state index contributed by atoms with van der Waals surface area (Å²) in [6, 6.07) is 0. The smallest absolute Gasteiger partial charge is 0.131 e. The highest BCUT2D eigenvalue weighted by Gasteiger charge is 2.78. The molecule has 0 aliphatic carbocycles. The Morgan fingerprint density at radius 1 is 0.562 bits per heavy atom. The zero-order valence-electron chi connectivity index (χ0n) is 19.3. The molecular weight excluding hydrogens is 416 g/mol. The summed E-state index contributed by atoms with van der Waals surface area (Å²) in [4.78, 5) is 0. The zero-order valence-corrected chi connectivity index (χ0v) is 19.3. The lowest BCUT2D eigenvalue weighted by atomic mass is 9.56. The minimum absolute atomic E-state index is 0.00949. The average molecular weight is 459 g/mol. The Balaban J connectivity index is 1.83. The summed E-state index contributed by atoms with van der Waals surface area (Å²) in [6.07, 6.45) is 6.08. The number of ether oxygens (including phenoxy) is 4. The second-order valence-corrected chi connectivity index (χ2v) is 10.0. The number of aliphatic hydroxyl groups is 4. The topological polar surface area (TPSA) is 118 Å².